The minimum absolute atomic E-state index is 0.00588. The Balaban J connectivity index is 1.54. The van der Waals surface area contributed by atoms with Crippen LogP contribution in [0.1, 0.15) is 22.0 Å². The van der Waals surface area contributed by atoms with Crippen LogP contribution in [-0.2, 0) is 4.74 Å². The Labute approximate surface area is 176 Å². The Kier molecular flexibility index (Phi) is 6.16. The van der Waals surface area contributed by atoms with Crippen LogP contribution < -0.4 is 10.1 Å². The summed E-state index contributed by atoms with van der Waals surface area (Å²) in [5, 5.41) is 15.2. The van der Waals surface area contributed by atoms with Crippen molar-refractivity contribution in [3.63, 3.8) is 0 Å². The molecule has 0 saturated carbocycles. The van der Waals surface area contributed by atoms with Gasteiger partial charge in [-0.25, -0.2) is 0 Å². The molecule has 0 radical (unpaired) electrons. The first-order valence-corrected chi connectivity index (χ1v) is 10.1. The molecule has 0 unspecified atom stereocenters. The van der Waals surface area contributed by atoms with Gasteiger partial charge in [0.1, 0.15) is 11.5 Å². The van der Waals surface area contributed by atoms with Gasteiger partial charge >= 0.3 is 0 Å². The van der Waals surface area contributed by atoms with Gasteiger partial charge in [0.15, 0.2) is 0 Å². The molecule has 1 atom stereocenters. The van der Waals surface area contributed by atoms with E-state index in [-0.39, 0.29) is 23.3 Å². The summed E-state index contributed by atoms with van der Waals surface area (Å²) < 4.78 is 10.8. The van der Waals surface area contributed by atoms with Gasteiger partial charge in [-0.2, -0.15) is 0 Å². The third kappa shape index (κ3) is 4.40. The molecule has 6 heteroatoms. The molecule has 0 aliphatic carbocycles. The van der Waals surface area contributed by atoms with Gasteiger partial charge in [0.2, 0.25) is 0 Å². The smallest absolute Gasteiger partial charge is 0.255 e. The zero-order valence-electron chi connectivity index (χ0n) is 17.0. The zero-order chi connectivity index (χ0) is 20.9. The standard InChI is InChI=1S/C24H26N2O4/c1-29-20-8-6-17(7-9-20)22(26-10-12-30-13-11-26)16-25-24(28)21-14-18-4-2-3-5-19(18)15-23(21)27/h2-9,14-15,22,27H,10-13,16H2,1H3,(H,25,28)/t22-/m0/s1. The highest BCUT2D eigenvalue weighted by Gasteiger charge is 2.24. The van der Waals surface area contributed by atoms with Crippen molar-refractivity contribution in [1.82, 2.24) is 10.2 Å². The predicted octanol–water partition coefficient (Wildman–Crippen LogP) is 3.36. The molecule has 0 bridgehead atoms. The Bertz CT molecular complexity index is 1010. The molecule has 1 aliphatic heterocycles. The van der Waals surface area contributed by atoms with Crippen LogP contribution in [0.4, 0.5) is 0 Å². The summed E-state index contributed by atoms with van der Waals surface area (Å²) in [4.78, 5) is 15.2. The average molecular weight is 406 g/mol. The molecular weight excluding hydrogens is 380 g/mol. The largest absolute Gasteiger partial charge is 0.507 e. The van der Waals surface area contributed by atoms with Gasteiger partial charge < -0.3 is 19.9 Å². The topological polar surface area (TPSA) is 71.0 Å². The van der Waals surface area contributed by atoms with Crippen LogP contribution in [0, 0.1) is 0 Å². The lowest BCUT2D eigenvalue weighted by Gasteiger charge is -2.35. The summed E-state index contributed by atoms with van der Waals surface area (Å²) in [5.74, 6) is 0.494. The molecule has 1 fully saturated rings. The molecule has 0 spiro atoms. The van der Waals surface area contributed by atoms with Crippen LogP contribution in [0.2, 0.25) is 0 Å². The Morgan fingerprint density at radius 1 is 1.10 bits per heavy atom. The fourth-order valence-corrected chi connectivity index (χ4v) is 3.87. The number of benzene rings is 3. The Morgan fingerprint density at radius 2 is 1.77 bits per heavy atom. The number of methoxy groups -OCH3 is 1. The molecule has 3 aromatic rings. The molecule has 1 aliphatic rings. The molecule has 0 aromatic heterocycles. The number of phenolic OH excluding ortho intramolecular Hbond substituents is 1. The molecule has 6 nitrogen and oxygen atoms in total. The summed E-state index contributed by atoms with van der Waals surface area (Å²) in [6.45, 7) is 3.37. The minimum atomic E-state index is -0.287. The molecule has 156 valence electrons. The van der Waals surface area contributed by atoms with Crippen LogP contribution in [0.3, 0.4) is 0 Å². The summed E-state index contributed by atoms with van der Waals surface area (Å²) >= 11 is 0. The number of rotatable bonds is 6. The fraction of sp³-hybridized carbons (Fsp3) is 0.292. The van der Waals surface area contributed by atoms with Crippen molar-refractivity contribution in [2.24, 2.45) is 0 Å². The summed E-state index contributed by atoms with van der Waals surface area (Å²) in [6.07, 6.45) is 0. The van der Waals surface area contributed by atoms with Crippen LogP contribution in [0.15, 0.2) is 60.7 Å². The number of hydrogen-bond donors (Lipinski definition) is 2. The lowest BCUT2D eigenvalue weighted by atomic mass is 10.0. The van der Waals surface area contributed by atoms with E-state index in [4.69, 9.17) is 9.47 Å². The molecule has 1 saturated heterocycles. The number of fused-ring (bicyclic) bond motifs is 1. The van der Waals surface area contributed by atoms with Gasteiger partial charge in [0, 0.05) is 19.6 Å². The van der Waals surface area contributed by atoms with Gasteiger partial charge in [-0.15, -0.1) is 0 Å². The van der Waals surface area contributed by atoms with E-state index >= 15 is 0 Å². The van der Waals surface area contributed by atoms with Gasteiger partial charge in [0.05, 0.1) is 31.9 Å². The van der Waals surface area contributed by atoms with Crippen molar-refractivity contribution in [1.29, 1.82) is 0 Å². The van der Waals surface area contributed by atoms with Gasteiger partial charge in [-0.1, -0.05) is 36.4 Å². The van der Waals surface area contributed by atoms with Crippen molar-refractivity contribution >= 4 is 16.7 Å². The molecule has 30 heavy (non-hydrogen) atoms. The van der Waals surface area contributed by atoms with Gasteiger partial charge in [-0.05, 0) is 40.6 Å². The fourth-order valence-electron chi connectivity index (χ4n) is 3.87. The quantitative estimate of drug-likeness (QED) is 0.657. The molecule has 1 amide bonds. The number of amides is 1. The van der Waals surface area contributed by atoms with Crippen LogP contribution in [0.5, 0.6) is 11.5 Å². The number of aromatic hydroxyl groups is 1. The number of hydrogen-bond acceptors (Lipinski definition) is 5. The molecule has 3 aromatic carbocycles. The maximum absolute atomic E-state index is 12.9. The van der Waals surface area contributed by atoms with Gasteiger partial charge in [-0.3, -0.25) is 9.69 Å². The minimum Gasteiger partial charge on any atom is -0.507 e. The highest BCUT2D eigenvalue weighted by molar-refractivity contribution is 6.01. The van der Waals surface area contributed by atoms with Crippen molar-refractivity contribution in [2.45, 2.75) is 6.04 Å². The predicted molar refractivity (Wildman–Crippen MR) is 116 cm³/mol. The van der Waals surface area contributed by atoms with E-state index in [1.165, 1.54) is 0 Å². The SMILES string of the molecule is COc1ccc([C@H](CNC(=O)c2cc3ccccc3cc2O)N2CCOCC2)cc1. The Hall–Kier alpha value is -3.09. The highest BCUT2D eigenvalue weighted by atomic mass is 16.5. The number of nitrogens with one attached hydrogen (secondary N) is 1. The lowest BCUT2D eigenvalue weighted by Crippen LogP contribution is -2.43. The average Bonchev–Trinajstić information content (AvgIpc) is 2.79. The number of phenols is 1. The van der Waals surface area contributed by atoms with Crippen molar-refractivity contribution in [3.8, 4) is 11.5 Å². The number of morpholine rings is 1. The normalized spacial score (nSPS) is 15.6. The first kappa shape index (κ1) is 20.2. The lowest BCUT2D eigenvalue weighted by molar-refractivity contribution is 0.0162. The maximum atomic E-state index is 12.9. The van der Waals surface area contributed by atoms with E-state index < -0.39 is 0 Å². The van der Waals surface area contributed by atoms with E-state index in [1.54, 1.807) is 19.2 Å². The van der Waals surface area contributed by atoms with Crippen LogP contribution >= 0.6 is 0 Å². The monoisotopic (exact) mass is 406 g/mol. The van der Waals surface area contributed by atoms with E-state index in [2.05, 4.69) is 10.2 Å². The van der Waals surface area contributed by atoms with Crippen molar-refractivity contribution < 1.29 is 19.4 Å². The first-order valence-electron chi connectivity index (χ1n) is 10.1. The number of nitrogens with zero attached hydrogens (tertiary/aromatic N) is 1. The second-order valence-corrected chi connectivity index (χ2v) is 7.36. The van der Waals surface area contributed by atoms with Gasteiger partial charge in [0.25, 0.3) is 5.91 Å². The third-order valence-corrected chi connectivity index (χ3v) is 5.55. The van der Waals surface area contributed by atoms with E-state index in [0.29, 0.717) is 19.8 Å². The van der Waals surface area contributed by atoms with E-state index in [1.807, 2.05) is 48.5 Å². The number of carbonyl (C=O) groups excluding carboxylic acids is 1. The van der Waals surface area contributed by atoms with E-state index in [0.717, 1.165) is 35.2 Å². The molecule has 1 heterocycles. The second kappa shape index (κ2) is 9.15. The number of ether oxygens (including phenoxy) is 2. The second-order valence-electron chi connectivity index (χ2n) is 7.36. The maximum Gasteiger partial charge on any atom is 0.255 e. The van der Waals surface area contributed by atoms with Crippen LogP contribution in [-0.4, -0.2) is 55.9 Å². The zero-order valence-corrected chi connectivity index (χ0v) is 17.0. The Morgan fingerprint density at radius 3 is 2.43 bits per heavy atom. The van der Waals surface area contributed by atoms with Crippen molar-refractivity contribution in [2.75, 3.05) is 40.0 Å². The molecule has 2 N–H and O–H groups in total. The summed E-state index contributed by atoms with van der Waals surface area (Å²) in [6, 6.07) is 18.9. The highest BCUT2D eigenvalue weighted by Crippen LogP contribution is 2.26. The molecular formula is C24H26N2O4. The van der Waals surface area contributed by atoms with Crippen molar-refractivity contribution in [3.05, 3.63) is 71.8 Å². The van der Waals surface area contributed by atoms with Crippen LogP contribution in [0.25, 0.3) is 10.8 Å². The van der Waals surface area contributed by atoms with E-state index in [9.17, 15) is 9.90 Å². The number of carbonyl (C=O) groups is 1. The summed E-state index contributed by atoms with van der Waals surface area (Å²) in [5.41, 5.74) is 1.38. The third-order valence-electron chi connectivity index (χ3n) is 5.55. The molecule has 4 rings (SSSR count). The first-order chi connectivity index (χ1) is 14.7. The summed E-state index contributed by atoms with van der Waals surface area (Å²) in [7, 11) is 1.64.